The average Bonchev–Trinajstić information content (AvgIpc) is 2.41. The highest BCUT2D eigenvalue weighted by molar-refractivity contribution is 7.93. The fourth-order valence-corrected chi connectivity index (χ4v) is 2.84. The van der Waals surface area contributed by atoms with Crippen molar-refractivity contribution in [1.29, 1.82) is 0 Å². The van der Waals surface area contributed by atoms with Crippen LogP contribution in [0.4, 0.5) is 0 Å². The summed E-state index contributed by atoms with van der Waals surface area (Å²) >= 11 is 0. The van der Waals surface area contributed by atoms with Crippen LogP contribution in [0.5, 0.6) is 0 Å². The summed E-state index contributed by atoms with van der Waals surface area (Å²) in [6, 6.07) is 0. The van der Waals surface area contributed by atoms with E-state index in [2.05, 4.69) is 5.32 Å². The van der Waals surface area contributed by atoms with Gasteiger partial charge in [-0.15, -0.1) is 0 Å². The second-order valence-corrected chi connectivity index (χ2v) is 8.13. The number of nitrogens with one attached hydrogen (secondary N) is 1. The molecule has 0 aromatic carbocycles. The smallest absolute Gasteiger partial charge is 0.223 e. The second kappa shape index (κ2) is 8.31. The summed E-state index contributed by atoms with van der Waals surface area (Å²) in [5.74, 6) is 0.323. The van der Waals surface area contributed by atoms with Crippen molar-refractivity contribution >= 4 is 21.7 Å². The third-order valence-corrected chi connectivity index (χ3v) is 4.23. The summed E-state index contributed by atoms with van der Waals surface area (Å²) in [5.41, 5.74) is 0. The second-order valence-electron chi connectivity index (χ2n) is 6.20. The lowest BCUT2D eigenvalue weighted by Crippen LogP contribution is -2.43. The molecule has 1 heterocycles. The molecular weight excluding hydrogens is 304 g/mol. The van der Waals surface area contributed by atoms with E-state index in [4.69, 9.17) is 0 Å². The Labute approximate surface area is 132 Å². The van der Waals surface area contributed by atoms with Gasteiger partial charge in [0.05, 0.1) is 0 Å². The molecule has 0 atom stereocenters. The topological polar surface area (TPSA) is 83.6 Å². The Bertz CT molecular complexity index is 518. The lowest BCUT2D eigenvalue weighted by molar-refractivity contribution is -0.136. The molecule has 1 aliphatic rings. The number of rotatable bonds is 6. The average molecular weight is 330 g/mol. The van der Waals surface area contributed by atoms with Crippen LogP contribution in [0, 0.1) is 11.8 Å². The molecule has 1 N–H and O–H groups in total. The zero-order valence-corrected chi connectivity index (χ0v) is 14.4. The molecule has 1 fully saturated rings. The number of nitrogens with zero attached hydrogens (tertiary/aromatic N) is 1. The van der Waals surface area contributed by atoms with Crippen LogP contribution in [0.2, 0.25) is 0 Å². The van der Waals surface area contributed by atoms with Gasteiger partial charge in [-0.1, -0.05) is 19.9 Å². The molecule has 0 aliphatic carbocycles. The van der Waals surface area contributed by atoms with Crippen molar-refractivity contribution in [2.75, 3.05) is 25.9 Å². The largest absolute Gasteiger partial charge is 0.352 e. The number of carbonyl (C=O) groups excluding carboxylic acids is 2. The first kappa shape index (κ1) is 18.7. The Morgan fingerprint density at radius 3 is 2.36 bits per heavy atom. The minimum atomic E-state index is -3.15. The highest BCUT2D eigenvalue weighted by atomic mass is 32.2. The van der Waals surface area contributed by atoms with Gasteiger partial charge in [0.2, 0.25) is 11.8 Å². The maximum atomic E-state index is 12.0. The molecule has 2 amide bonds. The first-order valence-corrected chi connectivity index (χ1v) is 9.56. The normalized spacial score (nSPS) is 17.2. The van der Waals surface area contributed by atoms with E-state index in [1.54, 1.807) is 0 Å². The van der Waals surface area contributed by atoms with Crippen molar-refractivity contribution in [3.63, 3.8) is 0 Å². The van der Waals surface area contributed by atoms with Crippen LogP contribution in [0.25, 0.3) is 0 Å². The van der Waals surface area contributed by atoms with E-state index >= 15 is 0 Å². The third-order valence-electron chi connectivity index (χ3n) is 3.54. The van der Waals surface area contributed by atoms with Gasteiger partial charge < -0.3 is 10.2 Å². The minimum Gasteiger partial charge on any atom is -0.352 e. The predicted octanol–water partition coefficient (Wildman–Crippen LogP) is 0.946. The quantitative estimate of drug-likeness (QED) is 0.786. The van der Waals surface area contributed by atoms with Crippen LogP contribution in [0.1, 0.15) is 33.1 Å². The standard InChI is InChI=1S/C15H26N2O4S/c1-12(2)11-14(18)17-8-5-13(6-9-17)15(19)16-7-4-10-22(3,20)21/h4,10,12-13H,5-9,11H2,1-3H3,(H,16,19)/b10-4+. The Morgan fingerprint density at radius 1 is 1.27 bits per heavy atom. The molecule has 0 bridgehead atoms. The number of piperidine rings is 1. The third kappa shape index (κ3) is 7.06. The van der Waals surface area contributed by atoms with Crippen LogP contribution in [0.3, 0.4) is 0 Å². The minimum absolute atomic E-state index is 0.0749. The highest BCUT2D eigenvalue weighted by Gasteiger charge is 2.27. The Balaban J connectivity index is 2.33. The van der Waals surface area contributed by atoms with Crippen LogP contribution < -0.4 is 5.32 Å². The van der Waals surface area contributed by atoms with Gasteiger partial charge in [-0.2, -0.15) is 0 Å². The fourth-order valence-electron chi connectivity index (χ4n) is 2.40. The number of carbonyl (C=O) groups is 2. The molecule has 7 heteroatoms. The van der Waals surface area contributed by atoms with Gasteiger partial charge in [0.25, 0.3) is 0 Å². The fraction of sp³-hybridized carbons (Fsp3) is 0.733. The van der Waals surface area contributed by atoms with Crippen molar-refractivity contribution in [1.82, 2.24) is 10.2 Å². The summed E-state index contributed by atoms with van der Waals surface area (Å²) in [5, 5.41) is 3.79. The number of likely N-dealkylation sites (tertiary alicyclic amines) is 1. The van der Waals surface area contributed by atoms with Crippen LogP contribution in [0.15, 0.2) is 11.5 Å². The van der Waals surface area contributed by atoms with Crippen molar-refractivity contribution in [2.45, 2.75) is 33.1 Å². The van der Waals surface area contributed by atoms with Gasteiger partial charge >= 0.3 is 0 Å². The van der Waals surface area contributed by atoms with Crippen molar-refractivity contribution in [3.8, 4) is 0 Å². The maximum absolute atomic E-state index is 12.0. The van der Waals surface area contributed by atoms with Crippen LogP contribution >= 0.6 is 0 Å². The van der Waals surface area contributed by atoms with Gasteiger partial charge in [0.1, 0.15) is 0 Å². The number of hydrogen-bond donors (Lipinski definition) is 1. The highest BCUT2D eigenvalue weighted by Crippen LogP contribution is 2.18. The lowest BCUT2D eigenvalue weighted by atomic mass is 9.95. The Kier molecular flexibility index (Phi) is 7.06. The van der Waals surface area contributed by atoms with E-state index in [-0.39, 0.29) is 24.3 Å². The first-order valence-electron chi connectivity index (χ1n) is 7.61. The molecule has 0 spiro atoms. The Hall–Kier alpha value is -1.37. The maximum Gasteiger partial charge on any atom is 0.223 e. The van der Waals surface area contributed by atoms with Crippen molar-refractivity contribution in [3.05, 3.63) is 11.5 Å². The first-order chi connectivity index (χ1) is 10.2. The molecule has 1 rings (SSSR count). The molecule has 0 aromatic rings. The molecule has 1 saturated heterocycles. The molecule has 22 heavy (non-hydrogen) atoms. The van der Waals surface area contributed by atoms with Gasteiger partial charge in [-0.25, -0.2) is 8.42 Å². The van der Waals surface area contributed by atoms with E-state index in [9.17, 15) is 18.0 Å². The van der Waals surface area contributed by atoms with Crippen molar-refractivity contribution in [2.24, 2.45) is 11.8 Å². The summed E-state index contributed by atoms with van der Waals surface area (Å²) in [6.45, 7) is 5.47. The van der Waals surface area contributed by atoms with E-state index < -0.39 is 9.84 Å². The Morgan fingerprint density at radius 2 is 1.86 bits per heavy atom. The van der Waals surface area contributed by atoms with E-state index in [0.717, 1.165) is 11.7 Å². The van der Waals surface area contributed by atoms with E-state index in [1.165, 1.54) is 6.08 Å². The van der Waals surface area contributed by atoms with Crippen molar-refractivity contribution < 1.29 is 18.0 Å². The van der Waals surface area contributed by atoms with E-state index in [0.29, 0.717) is 38.3 Å². The monoisotopic (exact) mass is 330 g/mol. The SMILES string of the molecule is CC(C)CC(=O)N1CCC(C(=O)NC/C=C/S(C)(=O)=O)CC1. The van der Waals surface area contributed by atoms with Crippen LogP contribution in [-0.2, 0) is 19.4 Å². The molecule has 1 aliphatic heterocycles. The molecule has 0 unspecified atom stereocenters. The van der Waals surface area contributed by atoms with E-state index in [1.807, 2.05) is 18.7 Å². The molecule has 6 nitrogen and oxygen atoms in total. The molecular formula is C15H26N2O4S. The summed E-state index contributed by atoms with van der Waals surface area (Å²) < 4.78 is 21.8. The van der Waals surface area contributed by atoms with Gasteiger partial charge in [0, 0.05) is 43.6 Å². The van der Waals surface area contributed by atoms with Gasteiger partial charge in [-0.05, 0) is 18.8 Å². The lowest BCUT2D eigenvalue weighted by Gasteiger charge is -2.31. The number of hydrogen-bond acceptors (Lipinski definition) is 4. The number of amides is 2. The molecule has 0 saturated carbocycles. The summed E-state index contributed by atoms with van der Waals surface area (Å²) in [4.78, 5) is 25.8. The summed E-state index contributed by atoms with van der Waals surface area (Å²) in [7, 11) is -3.15. The number of sulfone groups is 1. The summed E-state index contributed by atoms with van der Waals surface area (Å²) in [6.07, 6.45) is 4.40. The van der Waals surface area contributed by atoms with Gasteiger partial charge in [-0.3, -0.25) is 9.59 Å². The molecule has 126 valence electrons. The van der Waals surface area contributed by atoms with Gasteiger partial charge in [0.15, 0.2) is 9.84 Å². The molecule has 0 aromatic heterocycles. The predicted molar refractivity (Wildman–Crippen MR) is 85.8 cm³/mol. The molecule has 0 radical (unpaired) electrons. The zero-order chi connectivity index (χ0) is 16.8. The van der Waals surface area contributed by atoms with Crippen LogP contribution in [-0.4, -0.2) is 51.0 Å². The zero-order valence-electron chi connectivity index (χ0n) is 13.5.